The summed E-state index contributed by atoms with van der Waals surface area (Å²) in [4.78, 5) is 15.8. The normalized spacial score (nSPS) is 26.7. The van der Waals surface area contributed by atoms with E-state index in [1.54, 1.807) is 0 Å². The Morgan fingerprint density at radius 3 is 2.72 bits per heavy atom. The Morgan fingerprint density at radius 2 is 1.97 bits per heavy atom. The van der Waals surface area contributed by atoms with E-state index in [2.05, 4.69) is 10.2 Å². The van der Waals surface area contributed by atoms with Crippen LogP contribution in [-0.2, 0) is 11.3 Å². The second kappa shape index (κ2) is 10.9. The molecule has 0 spiro atoms. The van der Waals surface area contributed by atoms with Gasteiger partial charge in [0, 0.05) is 33.1 Å². The van der Waals surface area contributed by atoms with Crippen LogP contribution in [0.1, 0.15) is 38.2 Å². The number of aliphatic hydroxyl groups is 2. The van der Waals surface area contributed by atoms with Gasteiger partial charge in [-0.05, 0) is 50.0 Å². The summed E-state index contributed by atoms with van der Waals surface area (Å²) in [7, 11) is 0. The number of ether oxygens (including phenoxy) is 1. The monoisotopic (exact) mass is 405 g/mol. The van der Waals surface area contributed by atoms with Gasteiger partial charge in [0.1, 0.15) is 12.4 Å². The second-order valence-corrected chi connectivity index (χ2v) is 8.36. The van der Waals surface area contributed by atoms with Crippen molar-refractivity contribution in [2.45, 2.75) is 57.4 Å². The maximum Gasteiger partial charge on any atom is 0.217 e. The van der Waals surface area contributed by atoms with Gasteiger partial charge in [0.25, 0.3) is 0 Å². The summed E-state index contributed by atoms with van der Waals surface area (Å²) in [6.45, 7) is 6.89. The van der Waals surface area contributed by atoms with Crippen molar-refractivity contribution < 1.29 is 19.7 Å². The van der Waals surface area contributed by atoms with E-state index in [-0.39, 0.29) is 5.91 Å². The average molecular weight is 406 g/mol. The first-order valence-corrected chi connectivity index (χ1v) is 10.8. The number of hydrogen-bond acceptors (Lipinski definition) is 6. The van der Waals surface area contributed by atoms with Crippen molar-refractivity contribution in [2.75, 3.05) is 39.3 Å². The zero-order valence-electron chi connectivity index (χ0n) is 17.4. The molecule has 1 aromatic rings. The number of amides is 1. The molecule has 1 amide bonds. The topological polar surface area (TPSA) is 85.3 Å². The molecule has 0 aromatic heterocycles. The summed E-state index contributed by atoms with van der Waals surface area (Å²) in [6, 6.07) is 7.60. The van der Waals surface area contributed by atoms with Crippen LogP contribution in [0.4, 0.5) is 0 Å². The average Bonchev–Trinajstić information content (AvgIpc) is 2.80. The quantitative estimate of drug-likeness (QED) is 0.627. The lowest BCUT2D eigenvalue weighted by Crippen LogP contribution is -2.45. The summed E-state index contributed by atoms with van der Waals surface area (Å²) >= 11 is 0. The molecule has 2 aliphatic heterocycles. The van der Waals surface area contributed by atoms with E-state index in [1.807, 2.05) is 29.2 Å². The number of piperidine rings is 1. The Balaban J connectivity index is 1.51. The lowest BCUT2D eigenvalue weighted by atomic mass is 10.1. The van der Waals surface area contributed by atoms with Crippen LogP contribution in [0.15, 0.2) is 24.3 Å². The summed E-state index contributed by atoms with van der Waals surface area (Å²) < 4.78 is 5.96. The molecule has 2 heterocycles. The van der Waals surface area contributed by atoms with E-state index in [1.165, 1.54) is 39.3 Å². The molecule has 3 rings (SSSR count). The Morgan fingerprint density at radius 1 is 1.17 bits per heavy atom. The molecule has 0 saturated carbocycles. The van der Waals surface area contributed by atoms with E-state index in [0.29, 0.717) is 32.7 Å². The standard InChI is InChI=1S/C22H35N3O4/c1-17(26)23-21-13-19(27)15-25(16-22(21)28)14-18-6-5-7-20(12-18)29-11-10-24-8-3-2-4-9-24/h5-7,12,19,21-22,27-28H,2-4,8-11,13-16H2,1H3,(H,23,26)/t19-,21-,22-/m1/s1. The third-order valence-electron chi connectivity index (χ3n) is 5.72. The zero-order chi connectivity index (χ0) is 20.6. The molecule has 162 valence electrons. The van der Waals surface area contributed by atoms with E-state index in [9.17, 15) is 15.0 Å². The van der Waals surface area contributed by atoms with Crippen LogP contribution in [0.25, 0.3) is 0 Å². The van der Waals surface area contributed by atoms with E-state index < -0.39 is 18.2 Å². The fourth-order valence-electron chi connectivity index (χ4n) is 4.30. The predicted octanol–water partition coefficient (Wildman–Crippen LogP) is 0.984. The number of nitrogens with zero attached hydrogens (tertiary/aromatic N) is 2. The molecule has 3 atom stereocenters. The highest BCUT2D eigenvalue weighted by Gasteiger charge is 2.30. The maximum atomic E-state index is 11.3. The molecule has 1 aromatic carbocycles. The number of hydrogen-bond donors (Lipinski definition) is 3. The number of carbonyl (C=O) groups excluding carboxylic acids is 1. The van der Waals surface area contributed by atoms with Crippen LogP contribution in [-0.4, -0.2) is 83.5 Å². The molecular formula is C22H35N3O4. The van der Waals surface area contributed by atoms with E-state index in [4.69, 9.17) is 4.74 Å². The van der Waals surface area contributed by atoms with Gasteiger partial charge in [-0.2, -0.15) is 0 Å². The SMILES string of the molecule is CC(=O)N[C@@H]1C[C@@H](O)CN(Cc2cccc(OCCN3CCCCC3)c2)C[C@H]1O. The van der Waals surface area contributed by atoms with E-state index >= 15 is 0 Å². The van der Waals surface area contributed by atoms with Crippen molar-refractivity contribution in [2.24, 2.45) is 0 Å². The first-order valence-electron chi connectivity index (χ1n) is 10.8. The Kier molecular flexibility index (Phi) is 8.29. The Labute approximate surface area is 173 Å². The van der Waals surface area contributed by atoms with Crippen LogP contribution in [0, 0.1) is 0 Å². The first-order chi connectivity index (χ1) is 14.0. The van der Waals surface area contributed by atoms with Gasteiger partial charge in [-0.15, -0.1) is 0 Å². The minimum atomic E-state index is -0.708. The molecule has 2 aliphatic rings. The number of likely N-dealkylation sites (tertiary alicyclic amines) is 2. The van der Waals surface area contributed by atoms with Crippen molar-refractivity contribution in [3.8, 4) is 5.75 Å². The number of benzene rings is 1. The summed E-state index contributed by atoms with van der Waals surface area (Å²) in [5.74, 6) is 0.663. The van der Waals surface area contributed by atoms with Gasteiger partial charge in [-0.3, -0.25) is 14.6 Å². The summed E-state index contributed by atoms with van der Waals surface area (Å²) in [6.07, 6.45) is 2.97. The van der Waals surface area contributed by atoms with E-state index in [0.717, 1.165) is 17.9 Å². The molecule has 0 unspecified atom stereocenters. The second-order valence-electron chi connectivity index (χ2n) is 8.36. The van der Waals surface area contributed by atoms with Gasteiger partial charge in [0.05, 0.1) is 18.2 Å². The maximum absolute atomic E-state index is 11.3. The largest absolute Gasteiger partial charge is 0.492 e. The minimum Gasteiger partial charge on any atom is -0.492 e. The van der Waals surface area contributed by atoms with Crippen LogP contribution in [0.3, 0.4) is 0 Å². The summed E-state index contributed by atoms with van der Waals surface area (Å²) in [5.41, 5.74) is 1.08. The highest BCUT2D eigenvalue weighted by molar-refractivity contribution is 5.73. The number of aliphatic hydroxyl groups excluding tert-OH is 2. The molecular weight excluding hydrogens is 370 g/mol. The van der Waals surface area contributed by atoms with Crippen molar-refractivity contribution in [3.05, 3.63) is 29.8 Å². The van der Waals surface area contributed by atoms with Crippen molar-refractivity contribution in [1.29, 1.82) is 0 Å². The van der Waals surface area contributed by atoms with Crippen molar-refractivity contribution in [3.63, 3.8) is 0 Å². The van der Waals surface area contributed by atoms with Crippen molar-refractivity contribution >= 4 is 5.91 Å². The van der Waals surface area contributed by atoms with Crippen LogP contribution < -0.4 is 10.1 Å². The Hall–Kier alpha value is -1.67. The van der Waals surface area contributed by atoms with Gasteiger partial charge < -0.3 is 20.3 Å². The molecule has 7 heteroatoms. The highest BCUT2D eigenvalue weighted by Crippen LogP contribution is 2.19. The van der Waals surface area contributed by atoms with Gasteiger partial charge in [0.2, 0.25) is 5.91 Å². The molecule has 0 aliphatic carbocycles. The lowest BCUT2D eigenvalue weighted by molar-refractivity contribution is -0.120. The third-order valence-corrected chi connectivity index (χ3v) is 5.72. The van der Waals surface area contributed by atoms with Crippen molar-refractivity contribution in [1.82, 2.24) is 15.1 Å². The number of carbonyl (C=O) groups is 1. The molecule has 7 nitrogen and oxygen atoms in total. The van der Waals surface area contributed by atoms with Gasteiger partial charge in [0.15, 0.2) is 0 Å². The summed E-state index contributed by atoms with van der Waals surface area (Å²) in [5, 5.41) is 23.5. The minimum absolute atomic E-state index is 0.191. The number of nitrogens with one attached hydrogen (secondary N) is 1. The molecule has 2 fully saturated rings. The van der Waals surface area contributed by atoms with Crippen LogP contribution in [0.2, 0.25) is 0 Å². The number of rotatable bonds is 7. The van der Waals surface area contributed by atoms with Gasteiger partial charge in [-0.1, -0.05) is 18.6 Å². The zero-order valence-corrected chi connectivity index (χ0v) is 17.4. The lowest BCUT2D eigenvalue weighted by Gasteiger charge is -2.26. The molecule has 29 heavy (non-hydrogen) atoms. The third kappa shape index (κ3) is 7.26. The molecule has 2 saturated heterocycles. The van der Waals surface area contributed by atoms with Crippen LogP contribution >= 0.6 is 0 Å². The first kappa shape index (κ1) is 22.0. The van der Waals surface area contributed by atoms with Gasteiger partial charge in [-0.25, -0.2) is 0 Å². The molecule has 3 N–H and O–H groups in total. The molecule has 0 radical (unpaired) electrons. The highest BCUT2D eigenvalue weighted by atomic mass is 16.5. The number of β-amino-alcohol motifs (C(OH)–C–C–N with tert-alkyl or cyclic N) is 2. The van der Waals surface area contributed by atoms with Gasteiger partial charge >= 0.3 is 0 Å². The Bertz CT molecular complexity index is 651. The van der Waals surface area contributed by atoms with Crippen LogP contribution in [0.5, 0.6) is 5.75 Å². The predicted molar refractivity (Wildman–Crippen MR) is 112 cm³/mol. The smallest absolute Gasteiger partial charge is 0.217 e. The molecule has 0 bridgehead atoms. The fourth-order valence-corrected chi connectivity index (χ4v) is 4.30. The fraction of sp³-hybridized carbons (Fsp3) is 0.682.